The van der Waals surface area contributed by atoms with E-state index >= 15 is 0 Å². The quantitative estimate of drug-likeness (QED) is 0.897. The summed E-state index contributed by atoms with van der Waals surface area (Å²) in [6.45, 7) is 6.59. The summed E-state index contributed by atoms with van der Waals surface area (Å²) < 4.78 is 1.70. The highest BCUT2D eigenvalue weighted by Crippen LogP contribution is 2.59. The lowest BCUT2D eigenvalue weighted by Gasteiger charge is -2.41. The van der Waals surface area contributed by atoms with Crippen molar-refractivity contribution in [2.75, 3.05) is 0 Å². The third-order valence-corrected chi connectivity index (χ3v) is 5.50. The van der Waals surface area contributed by atoms with E-state index in [1.54, 1.807) is 17.1 Å². The molecule has 6 heteroatoms. The lowest BCUT2D eigenvalue weighted by Crippen LogP contribution is -2.49. The summed E-state index contributed by atoms with van der Waals surface area (Å²) >= 11 is 12.3. The Labute approximate surface area is 146 Å². The zero-order valence-corrected chi connectivity index (χ0v) is 15.0. The van der Waals surface area contributed by atoms with Gasteiger partial charge in [-0.25, -0.2) is 4.98 Å². The minimum atomic E-state index is -0.895. The molecule has 1 fully saturated rings. The van der Waals surface area contributed by atoms with Gasteiger partial charge in [0.2, 0.25) is 0 Å². The second-order valence-electron chi connectivity index (χ2n) is 7.38. The minimum Gasteiger partial charge on any atom is -0.387 e. The van der Waals surface area contributed by atoms with Crippen LogP contribution in [-0.4, -0.2) is 25.5 Å². The van der Waals surface area contributed by atoms with Gasteiger partial charge in [0.05, 0.1) is 12.1 Å². The SMILES string of the molecule is CC(C)(C)C(O)(Cn1cncn1)[C@@H]1C[C@H]1c1ccc(Cl)cc1Cl. The third-order valence-electron chi connectivity index (χ3n) is 4.93. The second-order valence-corrected chi connectivity index (χ2v) is 8.23. The molecule has 0 saturated heterocycles. The average Bonchev–Trinajstić information content (AvgIpc) is 3.07. The number of halogens is 2. The zero-order valence-electron chi connectivity index (χ0n) is 13.5. The van der Waals surface area contributed by atoms with Gasteiger partial charge in [-0.05, 0) is 41.4 Å². The summed E-state index contributed by atoms with van der Waals surface area (Å²) in [6.07, 6.45) is 4.04. The van der Waals surface area contributed by atoms with Crippen LogP contribution in [0.5, 0.6) is 0 Å². The van der Waals surface area contributed by atoms with Crippen LogP contribution in [0.4, 0.5) is 0 Å². The van der Waals surface area contributed by atoms with E-state index in [2.05, 4.69) is 30.9 Å². The number of aliphatic hydroxyl groups is 1. The first kappa shape index (κ1) is 16.7. The van der Waals surface area contributed by atoms with Crippen molar-refractivity contribution in [3.05, 3.63) is 46.5 Å². The molecule has 1 heterocycles. The largest absolute Gasteiger partial charge is 0.387 e. The molecule has 0 bridgehead atoms. The van der Waals surface area contributed by atoms with Crippen LogP contribution < -0.4 is 0 Å². The molecular formula is C17H21Cl2N3O. The first-order valence-corrected chi connectivity index (χ1v) is 8.48. The third kappa shape index (κ3) is 3.12. The lowest BCUT2D eigenvalue weighted by molar-refractivity contribution is -0.0932. The van der Waals surface area contributed by atoms with E-state index in [1.807, 2.05) is 12.1 Å². The zero-order chi connectivity index (χ0) is 16.8. The molecule has 4 nitrogen and oxygen atoms in total. The van der Waals surface area contributed by atoms with Gasteiger partial charge < -0.3 is 5.11 Å². The summed E-state index contributed by atoms with van der Waals surface area (Å²) in [6, 6.07) is 5.58. The van der Waals surface area contributed by atoms with Crippen molar-refractivity contribution in [3.8, 4) is 0 Å². The molecule has 1 unspecified atom stereocenters. The molecule has 0 amide bonds. The van der Waals surface area contributed by atoms with Crippen molar-refractivity contribution in [2.24, 2.45) is 11.3 Å². The van der Waals surface area contributed by atoms with E-state index in [0.29, 0.717) is 16.6 Å². The molecule has 1 aliphatic rings. The van der Waals surface area contributed by atoms with Gasteiger partial charge in [-0.1, -0.05) is 50.0 Å². The fourth-order valence-electron chi connectivity index (χ4n) is 3.34. The number of benzene rings is 1. The molecule has 0 aliphatic heterocycles. The first-order chi connectivity index (χ1) is 10.7. The van der Waals surface area contributed by atoms with Gasteiger partial charge in [-0.3, -0.25) is 4.68 Å². The fraction of sp³-hybridized carbons (Fsp3) is 0.529. The predicted molar refractivity (Wildman–Crippen MR) is 91.7 cm³/mol. The van der Waals surface area contributed by atoms with Crippen LogP contribution in [0.15, 0.2) is 30.9 Å². The van der Waals surface area contributed by atoms with Crippen LogP contribution in [0.3, 0.4) is 0 Å². The molecule has 1 aromatic carbocycles. The highest BCUT2D eigenvalue weighted by Gasteiger charge is 2.58. The summed E-state index contributed by atoms with van der Waals surface area (Å²) in [5.41, 5.74) is -0.131. The molecule has 3 atom stereocenters. The van der Waals surface area contributed by atoms with Gasteiger partial charge in [0, 0.05) is 10.0 Å². The van der Waals surface area contributed by atoms with Gasteiger partial charge in [0.1, 0.15) is 12.7 Å². The van der Waals surface area contributed by atoms with E-state index < -0.39 is 5.60 Å². The molecule has 124 valence electrons. The lowest BCUT2D eigenvalue weighted by atomic mass is 9.72. The summed E-state index contributed by atoms with van der Waals surface area (Å²) in [7, 11) is 0. The Hall–Kier alpha value is -1.10. The number of rotatable bonds is 4. The Balaban J connectivity index is 1.88. The molecule has 1 N–H and O–H groups in total. The topological polar surface area (TPSA) is 50.9 Å². The Bertz CT molecular complexity index is 696. The van der Waals surface area contributed by atoms with E-state index in [9.17, 15) is 5.11 Å². The van der Waals surface area contributed by atoms with Crippen LogP contribution in [0.25, 0.3) is 0 Å². The summed E-state index contributed by atoms with van der Waals surface area (Å²) in [5, 5.41) is 16.9. The normalized spacial score (nSPS) is 23.6. The van der Waals surface area contributed by atoms with E-state index in [4.69, 9.17) is 23.2 Å². The fourth-order valence-corrected chi connectivity index (χ4v) is 3.89. The van der Waals surface area contributed by atoms with Crippen molar-refractivity contribution in [3.63, 3.8) is 0 Å². The van der Waals surface area contributed by atoms with Gasteiger partial charge in [0.15, 0.2) is 0 Å². The molecule has 0 spiro atoms. The van der Waals surface area contributed by atoms with Gasteiger partial charge in [0.25, 0.3) is 0 Å². The van der Waals surface area contributed by atoms with Crippen molar-refractivity contribution in [1.82, 2.24) is 14.8 Å². The van der Waals surface area contributed by atoms with E-state index in [-0.39, 0.29) is 17.3 Å². The maximum Gasteiger partial charge on any atom is 0.137 e. The molecule has 1 aromatic heterocycles. The maximum atomic E-state index is 11.5. The maximum absolute atomic E-state index is 11.5. The smallest absolute Gasteiger partial charge is 0.137 e. The number of hydrogen-bond acceptors (Lipinski definition) is 3. The molecule has 2 aromatic rings. The Morgan fingerprint density at radius 1 is 1.30 bits per heavy atom. The number of hydrogen-bond donors (Lipinski definition) is 1. The molecule has 23 heavy (non-hydrogen) atoms. The van der Waals surface area contributed by atoms with Crippen LogP contribution >= 0.6 is 23.2 Å². The van der Waals surface area contributed by atoms with Crippen LogP contribution in [0, 0.1) is 11.3 Å². The average molecular weight is 354 g/mol. The van der Waals surface area contributed by atoms with E-state index in [1.165, 1.54) is 6.33 Å². The molecule has 0 radical (unpaired) electrons. The Kier molecular flexibility index (Phi) is 4.20. The van der Waals surface area contributed by atoms with Crippen molar-refractivity contribution >= 4 is 23.2 Å². The molecule has 3 rings (SSSR count). The summed E-state index contributed by atoms with van der Waals surface area (Å²) in [5.74, 6) is 0.373. The Morgan fingerprint density at radius 2 is 2.04 bits per heavy atom. The van der Waals surface area contributed by atoms with Gasteiger partial charge in [-0.15, -0.1) is 0 Å². The number of nitrogens with zero attached hydrogens (tertiary/aromatic N) is 3. The van der Waals surface area contributed by atoms with Gasteiger partial charge in [-0.2, -0.15) is 5.10 Å². The Morgan fingerprint density at radius 3 is 2.61 bits per heavy atom. The molecule has 1 aliphatic carbocycles. The molecule has 1 saturated carbocycles. The monoisotopic (exact) mass is 353 g/mol. The highest BCUT2D eigenvalue weighted by molar-refractivity contribution is 6.35. The van der Waals surface area contributed by atoms with Crippen molar-refractivity contribution in [1.29, 1.82) is 0 Å². The number of aromatic nitrogens is 3. The van der Waals surface area contributed by atoms with Crippen LogP contribution in [0.2, 0.25) is 10.0 Å². The minimum absolute atomic E-state index is 0.130. The molecular weight excluding hydrogens is 333 g/mol. The van der Waals surface area contributed by atoms with E-state index in [0.717, 1.165) is 12.0 Å². The summed E-state index contributed by atoms with van der Waals surface area (Å²) in [4.78, 5) is 3.97. The second kappa shape index (κ2) is 5.76. The standard InChI is InChI=1S/C17H21Cl2N3O/c1-16(2,3)17(23,8-22-10-20-9-21-22)14-7-13(14)12-5-4-11(18)6-15(12)19/h4-6,9-10,13-14,23H,7-8H2,1-3H3/t13-,14+,17?/m0/s1. The van der Waals surface area contributed by atoms with Crippen LogP contribution in [-0.2, 0) is 6.54 Å². The highest BCUT2D eigenvalue weighted by atomic mass is 35.5. The van der Waals surface area contributed by atoms with Crippen LogP contribution in [0.1, 0.15) is 38.7 Å². The first-order valence-electron chi connectivity index (χ1n) is 7.72. The predicted octanol–water partition coefficient (Wildman–Crippen LogP) is 4.17. The van der Waals surface area contributed by atoms with Crippen molar-refractivity contribution in [2.45, 2.75) is 45.3 Å². The van der Waals surface area contributed by atoms with Crippen molar-refractivity contribution < 1.29 is 5.11 Å². The van der Waals surface area contributed by atoms with Gasteiger partial charge >= 0.3 is 0 Å².